The lowest BCUT2D eigenvalue weighted by Crippen LogP contribution is -1.97. The van der Waals surface area contributed by atoms with E-state index in [1.807, 2.05) is 41.8 Å². The number of rotatable bonds is 3. The molecule has 18 heavy (non-hydrogen) atoms. The topological polar surface area (TPSA) is 48.1 Å². The van der Waals surface area contributed by atoms with Gasteiger partial charge in [0.05, 0.1) is 16.2 Å². The maximum atomic E-state index is 5.64. The number of aromatic nitrogens is 1. The van der Waals surface area contributed by atoms with Crippen LogP contribution in [0.4, 0.5) is 5.00 Å². The molecule has 2 heterocycles. The minimum atomic E-state index is 0.459. The summed E-state index contributed by atoms with van der Waals surface area (Å²) < 4.78 is 5.63. The summed E-state index contributed by atoms with van der Waals surface area (Å²) >= 11 is 1.47. The van der Waals surface area contributed by atoms with E-state index >= 15 is 0 Å². The second-order valence-corrected chi connectivity index (χ2v) is 4.91. The van der Waals surface area contributed by atoms with E-state index in [1.54, 1.807) is 0 Å². The van der Waals surface area contributed by atoms with Gasteiger partial charge in [-0.25, -0.2) is 4.98 Å². The fourth-order valence-corrected chi connectivity index (χ4v) is 2.33. The maximum absolute atomic E-state index is 5.64. The van der Waals surface area contributed by atoms with Crippen molar-refractivity contribution in [2.45, 2.75) is 6.61 Å². The lowest BCUT2D eigenvalue weighted by Gasteiger charge is -2.04. The predicted octanol–water partition coefficient (Wildman–Crippen LogP) is 3.46. The molecule has 1 aromatic carbocycles. The number of nitrogens with zero attached hydrogens (tertiary/aromatic N) is 1. The largest absolute Gasteiger partial charge is 0.486 e. The smallest absolute Gasteiger partial charge is 0.132 e. The van der Waals surface area contributed by atoms with Gasteiger partial charge in [-0.3, -0.25) is 0 Å². The highest BCUT2D eigenvalue weighted by molar-refractivity contribution is 7.14. The Morgan fingerprint density at radius 2 is 2.06 bits per heavy atom. The number of ether oxygens (including phenoxy) is 1. The van der Waals surface area contributed by atoms with Crippen LogP contribution in [0.15, 0.2) is 47.8 Å². The van der Waals surface area contributed by atoms with Crippen molar-refractivity contribution in [3.63, 3.8) is 0 Å². The van der Waals surface area contributed by atoms with Crippen molar-refractivity contribution in [1.29, 1.82) is 0 Å². The molecule has 3 nitrogen and oxygen atoms in total. The number of fused-ring (bicyclic) bond motifs is 1. The van der Waals surface area contributed by atoms with Crippen LogP contribution < -0.4 is 10.5 Å². The lowest BCUT2D eigenvalue weighted by molar-refractivity contribution is 0.303. The molecule has 0 bridgehead atoms. The van der Waals surface area contributed by atoms with E-state index in [1.165, 1.54) is 11.3 Å². The van der Waals surface area contributed by atoms with Crippen molar-refractivity contribution in [2.75, 3.05) is 5.73 Å². The first-order valence-electron chi connectivity index (χ1n) is 5.63. The van der Waals surface area contributed by atoms with Crippen LogP contribution in [-0.2, 0) is 6.61 Å². The summed E-state index contributed by atoms with van der Waals surface area (Å²) in [6.45, 7) is 0.459. The van der Waals surface area contributed by atoms with E-state index in [9.17, 15) is 0 Å². The Morgan fingerprint density at radius 3 is 2.89 bits per heavy atom. The maximum Gasteiger partial charge on any atom is 0.132 e. The summed E-state index contributed by atoms with van der Waals surface area (Å²) in [5, 5.41) is 3.80. The zero-order chi connectivity index (χ0) is 12.4. The van der Waals surface area contributed by atoms with Gasteiger partial charge in [-0.15, -0.1) is 11.3 Å². The molecule has 0 spiro atoms. The number of thiophene rings is 1. The van der Waals surface area contributed by atoms with Crippen LogP contribution >= 0.6 is 11.3 Å². The SMILES string of the molecule is Nc1cc(OCc2ccc3ccccc3n2)cs1. The van der Waals surface area contributed by atoms with Gasteiger partial charge in [-0.2, -0.15) is 0 Å². The summed E-state index contributed by atoms with van der Waals surface area (Å²) in [7, 11) is 0. The molecule has 0 saturated heterocycles. The number of hydrogen-bond donors (Lipinski definition) is 1. The van der Waals surface area contributed by atoms with Crippen LogP contribution in [0.3, 0.4) is 0 Å². The normalized spacial score (nSPS) is 10.7. The van der Waals surface area contributed by atoms with Crippen molar-refractivity contribution in [2.24, 2.45) is 0 Å². The number of hydrogen-bond acceptors (Lipinski definition) is 4. The van der Waals surface area contributed by atoms with Gasteiger partial charge < -0.3 is 10.5 Å². The number of pyridine rings is 1. The van der Waals surface area contributed by atoms with Crippen LogP contribution in [0.25, 0.3) is 10.9 Å². The molecule has 0 aliphatic rings. The van der Waals surface area contributed by atoms with E-state index < -0.39 is 0 Å². The Morgan fingerprint density at radius 1 is 1.17 bits per heavy atom. The third-order valence-electron chi connectivity index (χ3n) is 2.64. The lowest BCUT2D eigenvalue weighted by atomic mass is 10.2. The Bertz CT molecular complexity index is 678. The molecule has 0 unspecified atom stereocenters. The second-order valence-electron chi connectivity index (χ2n) is 3.97. The minimum absolute atomic E-state index is 0.459. The van der Waals surface area contributed by atoms with Crippen molar-refractivity contribution >= 4 is 27.2 Å². The number of nitrogens with two attached hydrogens (primary N) is 1. The summed E-state index contributed by atoms with van der Waals surface area (Å²) in [6, 6.07) is 13.9. The van der Waals surface area contributed by atoms with Gasteiger partial charge in [0.1, 0.15) is 12.4 Å². The van der Waals surface area contributed by atoms with E-state index in [0.717, 1.165) is 27.3 Å². The zero-order valence-electron chi connectivity index (χ0n) is 9.67. The Labute approximate surface area is 109 Å². The second kappa shape index (κ2) is 4.66. The number of anilines is 1. The fraction of sp³-hybridized carbons (Fsp3) is 0.0714. The van der Waals surface area contributed by atoms with Crippen molar-refractivity contribution in [3.05, 3.63) is 53.5 Å². The molecular weight excluding hydrogens is 244 g/mol. The quantitative estimate of drug-likeness (QED) is 0.780. The number of nitrogen functional groups attached to an aromatic ring is 1. The van der Waals surface area contributed by atoms with E-state index in [0.29, 0.717) is 6.61 Å². The average Bonchev–Trinajstić information content (AvgIpc) is 2.82. The molecule has 0 radical (unpaired) electrons. The zero-order valence-corrected chi connectivity index (χ0v) is 10.5. The summed E-state index contributed by atoms with van der Waals surface area (Å²) in [6.07, 6.45) is 0. The van der Waals surface area contributed by atoms with Crippen LogP contribution in [0.2, 0.25) is 0 Å². The van der Waals surface area contributed by atoms with Gasteiger partial charge in [0, 0.05) is 16.8 Å². The first kappa shape index (κ1) is 11.0. The van der Waals surface area contributed by atoms with Crippen molar-refractivity contribution in [3.8, 4) is 5.75 Å². The van der Waals surface area contributed by atoms with Gasteiger partial charge in [0.2, 0.25) is 0 Å². The first-order chi connectivity index (χ1) is 8.81. The Kier molecular flexibility index (Phi) is 2.86. The molecule has 0 saturated carbocycles. The Hall–Kier alpha value is -2.07. The van der Waals surface area contributed by atoms with E-state index in [-0.39, 0.29) is 0 Å². The standard InChI is InChI=1S/C14H12N2OS/c15-14-7-12(9-18-14)17-8-11-6-5-10-3-1-2-4-13(10)16-11/h1-7,9H,8,15H2. The molecular formula is C14H12N2OS. The van der Waals surface area contributed by atoms with E-state index in [4.69, 9.17) is 10.5 Å². The van der Waals surface area contributed by atoms with Gasteiger partial charge >= 0.3 is 0 Å². The predicted molar refractivity (Wildman–Crippen MR) is 74.8 cm³/mol. The molecule has 0 aliphatic carbocycles. The molecule has 2 N–H and O–H groups in total. The van der Waals surface area contributed by atoms with Crippen LogP contribution in [0.5, 0.6) is 5.75 Å². The monoisotopic (exact) mass is 256 g/mol. The molecule has 3 rings (SSSR count). The molecule has 0 aliphatic heterocycles. The summed E-state index contributed by atoms with van der Waals surface area (Å²) in [5.41, 5.74) is 7.55. The fourth-order valence-electron chi connectivity index (χ4n) is 1.76. The molecule has 3 aromatic rings. The molecule has 0 atom stereocenters. The highest BCUT2D eigenvalue weighted by atomic mass is 32.1. The van der Waals surface area contributed by atoms with Crippen molar-refractivity contribution in [1.82, 2.24) is 4.98 Å². The molecule has 0 amide bonds. The van der Waals surface area contributed by atoms with Gasteiger partial charge in [-0.05, 0) is 12.1 Å². The molecule has 2 aromatic heterocycles. The third kappa shape index (κ3) is 2.28. The molecule has 4 heteroatoms. The summed E-state index contributed by atoms with van der Waals surface area (Å²) in [4.78, 5) is 4.54. The van der Waals surface area contributed by atoms with Gasteiger partial charge in [0.15, 0.2) is 0 Å². The molecule has 90 valence electrons. The Balaban J connectivity index is 1.78. The van der Waals surface area contributed by atoms with Gasteiger partial charge in [-0.1, -0.05) is 24.3 Å². The van der Waals surface area contributed by atoms with Crippen LogP contribution in [0.1, 0.15) is 5.69 Å². The van der Waals surface area contributed by atoms with E-state index in [2.05, 4.69) is 11.1 Å². The molecule has 0 fully saturated rings. The third-order valence-corrected chi connectivity index (χ3v) is 3.38. The highest BCUT2D eigenvalue weighted by Gasteiger charge is 2.01. The van der Waals surface area contributed by atoms with Crippen LogP contribution in [-0.4, -0.2) is 4.98 Å². The van der Waals surface area contributed by atoms with Crippen molar-refractivity contribution < 1.29 is 4.74 Å². The first-order valence-corrected chi connectivity index (χ1v) is 6.51. The van der Waals surface area contributed by atoms with Crippen LogP contribution in [0, 0.1) is 0 Å². The number of para-hydroxylation sites is 1. The highest BCUT2D eigenvalue weighted by Crippen LogP contribution is 2.24. The summed E-state index contributed by atoms with van der Waals surface area (Å²) in [5.74, 6) is 0.799. The number of benzene rings is 1. The average molecular weight is 256 g/mol. The van der Waals surface area contributed by atoms with Gasteiger partial charge in [0.25, 0.3) is 0 Å². The minimum Gasteiger partial charge on any atom is -0.486 e.